The summed E-state index contributed by atoms with van der Waals surface area (Å²) in [5.41, 5.74) is -0.663. The summed E-state index contributed by atoms with van der Waals surface area (Å²) in [4.78, 5) is 11.2. The number of carbonyl (C=O) groups excluding carboxylic acids is 1. The lowest BCUT2D eigenvalue weighted by Crippen LogP contribution is -2.23. The van der Waals surface area contributed by atoms with Gasteiger partial charge in [0.2, 0.25) is 0 Å². The average molecular weight is 383 g/mol. The lowest BCUT2D eigenvalue weighted by atomic mass is 9.88. The zero-order valence-electron chi connectivity index (χ0n) is 17.2. The number of carbonyl (C=O) groups is 1. The minimum atomic E-state index is -0.663. The van der Waals surface area contributed by atoms with E-state index in [1.807, 2.05) is 6.92 Å². The summed E-state index contributed by atoms with van der Waals surface area (Å²) in [6.45, 7) is 4.02. The first-order valence-corrected chi connectivity index (χ1v) is 10.7. The van der Waals surface area contributed by atoms with E-state index < -0.39 is 5.60 Å². The molecule has 2 aliphatic rings. The van der Waals surface area contributed by atoms with Gasteiger partial charge >= 0.3 is 5.97 Å². The minimum absolute atomic E-state index is 0.122. The van der Waals surface area contributed by atoms with E-state index in [1.165, 1.54) is 7.11 Å². The summed E-state index contributed by atoms with van der Waals surface area (Å²) in [5.74, 6) is 0.335. The van der Waals surface area contributed by atoms with Gasteiger partial charge < -0.3 is 19.7 Å². The Morgan fingerprint density at radius 2 is 2.07 bits per heavy atom. The second-order valence-corrected chi connectivity index (χ2v) is 8.63. The molecule has 0 aromatic rings. The van der Waals surface area contributed by atoms with E-state index in [-0.39, 0.29) is 30.2 Å². The highest BCUT2D eigenvalue weighted by molar-refractivity contribution is 5.68. The van der Waals surface area contributed by atoms with Gasteiger partial charge in [-0.2, -0.15) is 0 Å². The van der Waals surface area contributed by atoms with E-state index in [0.717, 1.165) is 44.9 Å². The summed E-state index contributed by atoms with van der Waals surface area (Å²) >= 11 is 0. The van der Waals surface area contributed by atoms with Crippen molar-refractivity contribution in [1.82, 2.24) is 0 Å². The molecule has 0 aromatic heterocycles. The zero-order chi connectivity index (χ0) is 19.9. The van der Waals surface area contributed by atoms with Crippen LogP contribution in [0.15, 0.2) is 12.2 Å². The number of rotatable bonds is 11. The van der Waals surface area contributed by atoms with Gasteiger partial charge in [0.15, 0.2) is 0 Å². The third kappa shape index (κ3) is 6.88. The normalized spacial score (nSPS) is 32.6. The number of fused-ring (bicyclic) bond motifs is 1. The van der Waals surface area contributed by atoms with E-state index in [9.17, 15) is 15.0 Å². The van der Waals surface area contributed by atoms with Gasteiger partial charge in [-0.3, -0.25) is 4.79 Å². The molecule has 2 rings (SSSR count). The highest BCUT2D eigenvalue weighted by atomic mass is 16.5. The van der Waals surface area contributed by atoms with Crippen molar-refractivity contribution in [3.8, 4) is 0 Å². The molecule has 2 N–H and O–H groups in total. The number of esters is 1. The molecule has 27 heavy (non-hydrogen) atoms. The molecule has 1 saturated carbocycles. The number of methoxy groups -OCH3 is 1. The lowest BCUT2D eigenvalue weighted by Gasteiger charge is -2.22. The minimum Gasteiger partial charge on any atom is -0.469 e. The van der Waals surface area contributed by atoms with Gasteiger partial charge in [-0.25, -0.2) is 0 Å². The molecule has 1 saturated heterocycles. The van der Waals surface area contributed by atoms with Crippen LogP contribution in [0.5, 0.6) is 0 Å². The van der Waals surface area contributed by atoms with E-state index in [2.05, 4.69) is 23.8 Å². The molecule has 6 atom stereocenters. The topological polar surface area (TPSA) is 76.0 Å². The molecule has 1 unspecified atom stereocenters. The fraction of sp³-hybridized carbons (Fsp3) is 0.864. The predicted molar refractivity (Wildman–Crippen MR) is 105 cm³/mol. The van der Waals surface area contributed by atoms with E-state index in [0.29, 0.717) is 25.2 Å². The first-order valence-electron chi connectivity index (χ1n) is 10.7. The average Bonchev–Trinajstić information content (AvgIpc) is 3.14. The van der Waals surface area contributed by atoms with Crippen molar-refractivity contribution >= 4 is 5.97 Å². The molecular formula is C22H38O5. The number of hydrogen-bond donors (Lipinski definition) is 2. The number of hydrogen-bond acceptors (Lipinski definition) is 5. The maximum atomic E-state index is 11.2. The fourth-order valence-corrected chi connectivity index (χ4v) is 4.51. The standard InChI is InChI=1S/C22H38O5/c1-4-5-12-22(2,25)13-8-10-17-18-14-16(27-20(18)15-19(17)23)9-6-7-11-21(24)26-3/h8,10,16-20,23,25H,4-7,9,11-15H2,1-3H3/t16-,17+,18+,19+,20+,22?/m0/s1. The number of unbranched alkanes of at least 4 members (excludes halogenated alkanes) is 2. The van der Waals surface area contributed by atoms with Crippen molar-refractivity contribution in [2.45, 2.75) is 102 Å². The van der Waals surface area contributed by atoms with E-state index in [1.54, 1.807) is 0 Å². The van der Waals surface area contributed by atoms with Crippen LogP contribution in [0.2, 0.25) is 0 Å². The first-order chi connectivity index (χ1) is 12.9. The molecule has 1 aliphatic carbocycles. The Bertz CT molecular complexity index is 487. The number of aliphatic hydroxyl groups excluding tert-OH is 1. The van der Waals surface area contributed by atoms with Crippen molar-refractivity contribution in [2.75, 3.05) is 7.11 Å². The molecule has 0 amide bonds. The maximum absolute atomic E-state index is 11.2. The highest BCUT2D eigenvalue weighted by Crippen LogP contribution is 2.45. The summed E-state index contributed by atoms with van der Waals surface area (Å²) in [6, 6.07) is 0. The second kappa shape index (κ2) is 10.6. The maximum Gasteiger partial charge on any atom is 0.305 e. The van der Waals surface area contributed by atoms with Gasteiger partial charge in [-0.05, 0) is 44.9 Å². The monoisotopic (exact) mass is 382 g/mol. The smallest absolute Gasteiger partial charge is 0.305 e. The van der Waals surface area contributed by atoms with Gasteiger partial charge in [0, 0.05) is 18.8 Å². The van der Waals surface area contributed by atoms with Crippen molar-refractivity contribution in [2.24, 2.45) is 11.8 Å². The number of ether oxygens (including phenoxy) is 2. The van der Waals surface area contributed by atoms with Gasteiger partial charge in [0.05, 0.1) is 31.0 Å². The van der Waals surface area contributed by atoms with Crippen molar-refractivity contribution in [3.63, 3.8) is 0 Å². The second-order valence-electron chi connectivity index (χ2n) is 8.63. The lowest BCUT2D eigenvalue weighted by molar-refractivity contribution is -0.140. The SMILES string of the molecule is CCCCC(C)(O)CC=C[C@@H]1[C@H]2C[C@H](CCCCC(=O)OC)O[C@@H]2C[C@H]1O. The van der Waals surface area contributed by atoms with Crippen LogP contribution in [-0.4, -0.2) is 47.2 Å². The molecule has 1 aliphatic heterocycles. The van der Waals surface area contributed by atoms with Crippen LogP contribution in [0.1, 0.15) is 78.1 Å². The Balaban J connectivity index is 1.77. The Labute approximate surface area is 164 Å². The van der Waals surface area contributed by atoms with E-state index in [4.69, 9.17) is 4.74 Å². The van der Waals surface area contributed by atoms with Crippen LogP contribution < -0.4 is 0 Å². The number of aliphatic hydroxyl groups is 2. The highest BCUT2D eigenvalue weighted by Gasteiger charge is 2.47. The van der Waals surface area contributed by atoms with Crippen molar-refractivity contribution < 1.29 is 24.5 Å². The summed E-state index contributed by atoms with van der Waals surface area (Å²) < 4.78 is 10.8. The third-order valence-corrected chi connectivity index (χ3v) is 6.16. The summed E-state index contributed by atoms with van der Waals surface area (Å²) in [5, 5.41) is 20.8. The van der Waals surface area contributed by atoms with Gasteiger partial charge in [0.25, 0.3) is 0 Å². The molecule has 0 bridgehead atoms. The van der Waals surface area contributed by atoms with Crippen LogP contribution in [-0.2, 0) is 14.3 Å². The molecule has 5 heteroatoms. The largest absolute Gasteiger partial charge is 0.469 e. The van der Waals surface area contributed by atoms with Crippen LogP contribution in [0, 0.1) is 11.8 Å². The summed E-state index contributed by atoms with van der Waals surface area (Å²) in [6.07, 6.45) is 12.6. The van der Waals surface area contributed by atoms with Crippen LogP contribution >= 0.6 is 0 Å². The van der Waals surface area contributed by atoms with E-state index >= 15 is 0 Å². The molecule has 1 heterocycles. The zero-order valence-corrected chi connectivity index (χ0v) is 17.2. The van der Waals surface area contributed by atoms with Gasteiger partial charge in [0.1, 0.15) is 0 Å². The molecule has 0 aromatic carbocycles. The van der Waals surface area contributed by atoms with Crippen LogP contribution in [0.25, 0.3) is 0 Å². The first kappa shape index (κ1) is 22.4. The molecule has 5 nitrogen and oxygen atoms in total. The summed E-state index contributed by atoms with van der Waals surface area (Å²) in [7, 11) is 1.42. The fourth-order valence-electron chi connectivity index (χ4n) is 4.51. The quantitative estimate of drug-likeness (QED) is 0.323. The molecule has 0 spiro atoms. The predicted octanol–water partition coefficient (Wildman–Crippen LogP) is 3.76. The Morgan fingerprint density at radius 3 is 2.78 bits per heavy atom. The van der Waals surface area contributed by atoms with Crippen molar-refractivity contribution in [3.05, 3.63) is 12.2 Å². The van der Waals surface area contributed by atoms with Gasteiger partial charge in [-0.1, -0.05) is 38.3 Å². The molecular weight excluding hydrogens is 344 g/mol. The third-order valence-electron chi connectivity index (χ3n) is 6.16. The van der Waals surface area contributed by atoms with Gasteiger partial charge in [-0.15, -0.1) is 0 Å². The Kier molecular flexibility index (Phi) is 8.77. The Morgan fingerprint density at radius 1 is 1.30 bits per heavy atom. The molecule has 2 fully saturated rings. The van der Waals surface area contributed by atoms with Crippen LogP contribution in [0.3, 0.4) is 0 Å². The van der Waals surface area contributed by atoms with Crippen LogP contribution in [0.4, 0.5) is 0 Å². The molecule has 0 radical (unpaired) electrons. The Hall–Kier alpha value is -0.910. The molecule has 156 valence electrons. The van der Waals surface area contributed by atoms with Crippen molar-refractivity contribution in [1.29, 1.82) is 0 Å².